The maximum absolute atomic E-state index is 12.1. The van der Waals surface area contributed by atoms with Crippen molar-refractivity contribution < 1.29 is 23.8 Å². The largest absolute Gasteiger partial charge is 0.494 e. The third-order valence-corrected chi connectivity index (χ3v) is 3.49. The summed E-state index contributed by atoms with van der Waals surface area (Å²) >= 11 is 0. The van der Waals surface area contributed by atoms with Crippen molar-refractivity contribution in [3.05, 3.63) is 48.0 Å². The summed E-state index contributed by atoms with van der Waals surface area (Å²) in [7, 11) is 0. The molecular formula is C18H18N2O5. The Labute approximate surface area is 144 Å². The van der Waals surface area contributed by atoms with Gasteiger partial charge in [0, 0.05) is 17.3 Å². The van der Waals surface area contributed by atoms with E-state index in [1.54, 1.807) is 42.5 Å². The van der Waals surface area contributed by atoms with Crippen LogP contribution in [0, 0.1) is 0 Å². The van der Waals surface area contributed by atoms with Gasteiger partial charge < -0.3 is 24.8 Å². The number of fused-ring (bicyclic) bond motifs is 1. The molecule has 3 rings (SSSR count). The molecule has 0 saturated heterocycles. The van der Waals surface area contributed by atoms with Crippen LogP contribution in [0.3, 0.4) is 0 Å². The van der Waals surface area contributed by atoms with E-state index in [4.69, 9.17) is 14.2 Å². The SMILES string of the molecule is CCOc1ccc(C(=O)NCC(=O)Nc2ccc3c(c2)OCO3)cc1. The van der Waals surface area contributed by atoms with Crippen molar-refractivity contribution in [2.75, 3.05) is 25.3 Å². The van der Waals surface area contributed by atoms with E-state index in [1.807, 2.05) is 6.92 Å². The van der Waals surface area contributed by atoms with Gasteiger partial charge in [0.2, 0.25) is 12.7 Å². The van der Waals surface area contributed by atoms with Crippen LogP contribution < -0.4 is 24.8 Å². The highest BCUT2D eigenvalue weighted by molar-refractivity contribution is 5.99. The Morgan fingerprint density at radius 1 is 1.08 bits per heavy atom. The predicted octanol–water partition coefficient (Wildman–Crippen LogP) is 2.18. The van der Waals surface area contributed by atoms with Gasteiger partial charge in [-0.2, -0.15) is 0 Å². The molecule has 25 heavy (non-hydrogen) atoms. The van der Waals surface area contributed by atoms with Crippen LogP contribution >= 0.6 is 0 Å². The van der Waals surface area contributed by atoms with Crippen LogP contribution in [0.2, 0.25) is 0 Å². The van der Waals surface area contributed by atoms with Gasteiger partial charge in [-0.25, -0.2) is 0 Å². The highest BCUT2D eigenvalue weighted by Gasteiger charge is 2.14. The zero-order valence-corrected chi connectivity index (χ0v) is 13.7. The molecule has 0 radical (unpaired) electrons. The summed E-state index contributed by atoms with van der Waals surface area (Å²) in [6.45, 7) is 2.48. The monoisotopic (exact) mass is 342 g/mol. The fourth-order valence-electron chi connectivity index (χ4n) is 2.31. The molecule has 2 amide bonds. The lowest BCUT2D eigenvalue weighted by molar-refractivity contribution is -0.115. The molecule has 0 bridgehead atoms. The Morgan fingerprint density at radius 2 is 1.84 bits per heavy atom. The summed E-state index contributed by atoms with van der Waals surface area (Å²) in [6, 6.07) is 11.8. The molecule has 1 aliphatic rings. The first kappa shape index (κ1) is 16.6. The van der Waals surface area contributed by atoms with Gasteiger partial charge in [0.25, 0.3) is 5.91 Å². The Balaban J connectivity index is 1.50. The van der Waals surface area contributed by atoms with Gasteiger partial charge in [0.1, 0.15) is 5.75 Å². The van der Waals surface area contributed by atoms with Crippen LogP contribution in [-0.4, -0.2) is 31.8 Å². The van der Waals surface area contributed by atoms with E-state index < -0.39 is 0 Å². The minimum absolute atomic E-state index is 0.138. The fourth-order valence-corrected chi connectivity index (χ4v) is 2.31. The molecular weight excluding hydrogens is 324 g/mol. The van der Waals surface area contributed by atoms with Gasteiger partial charge in [-0.1, -0.05) is 0 Å². The molecule has 7 nitrogen and oxygen atoms in total. The first-order valence-corrected chi connectivity index (χ1v) is 7.86. The summed E-state index contributed by atoms with van der Waals surface area (Å²) in [4.78, 5) is 24.0. The third-order valence-electron chi connectivity index (χ3n) is 3.49. The van der Waals surface area contributed by atoms with Crippen molar-refractivity contribution in [2.24, 2.45) is 0 Å². The van der Waals surface area contributed by atoms with Crippen LogP contribution in [0.15, 0.2) is 42.5 Å². The van der Waals surface area contributed by atoms with Gasteiger partial charge in [0.05, 0.1) is 13.2 Å². The number of anilines is 1. The molecule has 0 saturated carbocycles. The average molecular weight is 342 g/mol. The van der Waals surface area contributed by atoms with Crippen LogP contribution in [0.25, 0.3) is 0 Å². The van der Waals surface area contributed by atoms with Crippen molar-refractivity contribution >= 4 is 17.5 Å². The number of ether oxygens (including phenoxy) is 3. The van der Waals surface area contributed by atoms with Crippen molar-refractivity contribution in [1.82, 2.24) is 5.32 Å². The number of rotatable bonds is 6. The van der Waals surface area contributed by atoms with E-state index in [0.717, 1.165) is 0 Å². The first-order chi connectivity index (χ1) is 12.2. The lowest BCUT2D eigenvalue weighted by Gasteiger charge is -2.08. The number of hydrogen-bond donors (Lipinski definition) is 2. The molecule has 2 aromatic carbocycles. The van der Waals surface area contributed by atoms with Crippen molar-refractivity contribution in [3.63, 3.8) is 0 Å². The summed E-state index contributed by atoms with van der Waals surface area (Å²) in [5.41, 5.74) is 1.03. The van der Waals surface area contributed by atoms with Crippen molar-refractivity contribution in [1.29, 1.82) is 0 Å². The quantitative estimate of drug-likeness (QED) is 0.840. The predicted molar refractivity (Wildman–Crippen MR) is 91.1 cm³/mol. The Hall–Kier alpha value is -3.22. The topological polar surface area (TPSA) is 85.9 Å². The van der Waals surface area contributed by atoms with E-state index >= 15 is 0 Å². The zero-order chi connectivity index (χ0) is 17.6. The smallest absolute Gasteiger partial charge is 0.251 e. The van der Waals surface area contributed by atoms with Crippen LogP contribution in [0.5, 0.6) is 17.2 Å². The summed E-state index contributed by atoms with van der Waals surface area (Å²) in [6.07, 6.45) is 0. The van der Waals surface area contributed by atoms with Gasteiger partial charge in [-0.15, -0.1) is 0 Å². The molecule has 0 fully saturated rings. The van der Waals surface area contributed by atoms with Crippen LogP contribution in [0.1, 0.15) is 17.3 Å². The number of carbonyl (C=O) groups excluding carboxylic acids is 2. The van der Waals surface area contributed by atoms with Crippen LogP contribution in [-0.2, 0) is 4.79 Å². The normalized spacial score (nSPS) is 11.7. The van der Waals surface area contributed by atoms with E-state index in [0.29, 0.717) is 35.1 Å². The second kappa shape index (κ2) is 7.57. The molecule has 130 valence electrons. The Kier molecular flexibility index (Phi) is 5.03. The van der Waals surface area contributed by atoms with Gasteiger partial charge in [-0.05, 0) is 43.3 Å². The minimum atomic E-state index is -0.335. The van der Waals surface area contributed by atoms with Gasteiger partial charge in [-0.3, -0.25) is 9.59 Å². The molecule has 7 heteroatoms. The van der Waals surface area contributed by atoms with E-state index in [2.05, 4.69) is 10.6 Å². The lowest BCUT2D eigenvalue weighted by atomic mass is 10.2. The Bertz CT molecular complexity index is 774. The fraction of sp³-hybridized carbons (Fsp3) is 0.222. The molecule has 0 unspecified atom stereocenters. The third kappa shape index (κ3) is 4.20. The van der Waals surface area contributed by atoms with E-state index in [9.17, 15) is 9.59 Å². The second-order valence-electron chi connectivity index (χ2n) is 5.26. The van der Waals surface area contributed by atoms with E-state index in [1.165, 1.54) is 0 Å². The molecule has 0 aliphatic carbocycles. The van der Waals surface area contributed by atoms with Gasteiger partial charge in [0.15, 0.2) is 11.5 Å². The summed E-state index contributed by atoms with van der Waals surface area (Å²) < 4.78 is 15.8. The van der Waals surface area contributed by atoms with Crippen molar-refractivity contribution in [3.8, 4) is 17.2 Å². The molecule has 1 heterocycles. The summed E-state index contributed by atoms with van der Waals surface area (Å²) in [5, 5.41) is 5.27. The number of nitrogens with one attached hydrogen (secondary N) is 2. The number of amides is 2. The van der Waals surface area contributed by atoms with E-state index in [-0.39, 0.29) is 25.2 Å². The maximum atomic E-state index is 12.1. The molecule has 2 aromatic rings. The van der Waals surface area contributed by atoms with Crippen molar-refractivity contribution in [2.45, 2.75) is 6.92 Å². The second-order valence-corrected chi connectivity index (χ2v) is 5.26. The molecule has 0 atom stereocenters. The van der Waals surface area contributed by atoms with Gasteiger partial charge >= 0.3 is 0 Å². The number of carbonyl (C=O) groups is 2. The highest BCUT2D eigenvalue weighted by atomic mass is 16.7. The molecule has 1 aliphatic heterocycles. The Morgan fingerprint density at radius 3 is 2.60 bits per heavy atom. The maximum Gasteiger partial charge on any atom is 0.251 e. The molecule has 2 N–H and O–H groups in total. The highest BCUT2D eigenvalue weighted by Crippen LogP contribution is 2.34. The first-order valence-electron chi connectivity index (χ1n) is 7.86. The zero-order valence-electron chi connectivity index (χ0n) is 13.7. The molecule has 0 aromatic heterocycles. The summed E-state index contributed by atoms with van der Waals surface area (Å²) in [5.74, 6) is 1.25. The standard InChI is InChI=1S/C18H18N2O5/c1-2-23-14-6-3-12(4-7-14)18(22)19-10-17(21)20-13-5-8-15-16(9-13)25-11-24-15/h3-9H,2,10-11H2,1H3,(H,19,22)(H,20,21). The minimum Gasteiger partial charge on any atom is -0.494 e. The average Bonchev–Trinajstić information content (AvgIpc) is 3.08. The number of hydrogen-bond acceptors (Lipinski definition) is 5. The van der Waals surface area contributed by atoms with Crippen LogP contribution in [0.4, 0.5) is 5.69 Å². The lowest BCUT2D eigenvalue weighted by Crippen LogP contribution is -2.32. The molecule has 0 spiro atoms. The number of benzene rings is 2.